The van der Waals surface area contributed by atoms with Gasteiger partial charge in [0.05, 0.1) is 5.56 Å². The summed E-state index contributed by atoms with van der Waals surface area (Å²) >= 11 is 9.25. The molecule has 0 aliphatic heterocycles. The summed E-state index contributed by atoms with van der Waals surface area (Å²) in [4.78, 5) is 24.7. The Hall–Kier alpha value is -2.89. The predicted octanol–water partition coefficient (Wildman–Crippen LogP) is 6.14. The monoisotopic (exact) mass is 468 g/mol. The Morgan fingerprint density at radius 3 is 2.41 bits per heavy atom. The van der Waals surface area contributed by atoms with Crippen molar-refractivity contribution in [1.29, 1.82) is 0 Å². The molecule has 29 heavy (non-hydrogen) atoms. The lowest BCUT2D eigenvalue weighted by Gasteiger charge is -2.07. The van der Waals surface area contributed by atoms with E-state index in [4.69, 9.17) is 20.8 Å². The highest BCUT2D eigenvalue weighted by Gasteiger charge is 2.10. The number of hydrogen-bond donors (Lipinski definition) is 0. The van der Waals surface area contributed by atoms with E-state index in [1.165, 1.54) is 0 Å². The molecule has 0 atom stereocenters. The minimum absolute atomic E-state index is 0.111. The van der Waals surface area contributed by atoms with Crippen molar-refractivity contribution in [2.24, 2.45) is 0 Å². The van der Waals surface area contributed by atoms with E-state index in [-0.39, 0.29) is 12.4 Å². The van der Waals surface area contributed by atoms with E-state index >= 15 is 0 Å². The molecule has 0 saturated carbocycles. The highest BCUT2D eigenvalue weighted by Crippen LogP contribution is 2.25. The van der Waals surface area contributed by atoms with Gasteiger partial charge in [-0.15, -0.1) is 0 Å². The molecule has 0 bridgehead atoms. The largest absolute Gasteiger partial charge is 0.485 e. The quantitative estimate of drug-likeness (QED) is 0.260. The predicted molar refractivity (Wildman–Crippen MR) is 117 cm³/mol. The molecule has 4 aromatic rings. The Morgan fingerprint density at radius 1 is 0.966 bits per heavy atom. The first-order valence-electron chi connectivity index (χ1n) is 8.75. The van der Waals surface area contributed by atoms with Gasteiger partial charge in [0.2, 0.25) is 0 Å². The van der Waals surface area contributed by atoms with Crippen LogP contribution in [-0.2, 0) is 0 Å². The van der Waals surface area contributed by atoms with Gasteiger partial charge in [0.15, 0.2) is 12.4 Å². The van der Waals surface area contributed by atoms with E-state index in [2.05, 4.69) is 15.9 Å². The standard InChI is InChI=1S/C23H14BrClO4/c24-17-6-1-15(2-7-17)21(26)13-28-19-10-5-16-11-20(23(27)29-22(16)12-19)14-3-8-18(25)9-4-14/h1-12H,13H2. The fourth-order valence-electron chi connectivity index (χ4n) is 2.88. The molecule has 0 amide bonds. The first-order valence-corrected chi connectivity index (χ1v) is 9.92. The minimum Gasteiger partial charge on any atom is -0.485 e. The van der Waals surface area contributed by atoms with Crippen molar-refractivity contribution in [3.8, 4) is 16.9 Å². The summed E-state index contributed by atoms with van der Waals surface area (Å²) in [5.41, 5.74) is 1.68. The van der Waals surface area contributed by atoms with Crippen LogP contribution in [0.15, 0.2) is 86.5 Å². The topological polar surface area (TPSA) is 56.5 Å². The summed E-state index contributed by atoms with van der Waals surface area (Å²) in [7, 11) is 0. The summed E-state index contributed by atoms with van der Waals surface area (Å²) in [5.74, 6) is 0.308. The number of ketones is 1. The molecule has 6 heteroatoms. The molecule has 0 radical (unpaired) electrons. The maximum absolute atomic E-state index is 12.4. The van der Waals surface area contributed by atoms with E-state index < -0.39 is 5.63 Å². The molecule has 4 rings (SSSR count). The zero-order valence-electron chi connectivity index (χ0n) is 15.0. The van der Waals surface area contributed by atoms with Gasteiger partial charge < -0.3 is 9.15 Å². The molecular weight excluding hydrogens is 456 g/mol. The third-order valence-electron chi connectivity index (χ3n) is 4.40. The van der Waals surface area contributed by atoms with Gasteiger partial charge in [-0.1, -0.05) is 51.8 Å². The van der Waals surface area contributed by atoms with Crippen molar-refractivity contribution in [2.75, 3.05) is 6.61 Å². The van der Waals surface area contributed by atoms with Crippen LogP contribution in [0.25, 0.3) is 22.1 Å². The van der Waals surface area contributed by atoms with Gasteiger partial charge in [0, 0.05) is 26.5 Å². The van der Waals surface area contributed by atoms with Crippen LogP contribution in [0.4, 0.5) is 0 Å². The normalized spacial score (nSPS) is 10.8. The fourth-order valence-corrected chi connectivity index (χ4v) is 3.27. The van der Waals surface area contributed by atoms with Gasteiger partial charge in [0.25, 0.3) is 0 Å². The second-order valence-corrected chi connectivity index (χ2v) is 7.72. The zero-order valence-corrected chi connectivity index (χ0v) is 17.4. The maximum Gasteiger partial charge on any atom is 0.344 e. The number of benzene rings is 3. The molecule has 0 saturated heterocycles. The molecule has 1 heterocycles. The summed E-state index contributed by atoms with van der Waals surface area (Å²) < 4.78 is 12.0. The second kappa shape index (κ2) is 8.23. The first-order chi connectivity index (χ1) is 14.0. The van der Waals surface area contributed by atoms with Crippen LogP contribution in [0.3, 0.4) is 0 Å². The van der Waals surface area contributed by atoms with Crippen LogP contribution in [0.2, 0.25) is 5.02 Å². The number of fused-ring (bicyclic) bond motifs is 1. The van der Waals surface area contributed by atoms with Crippen LogP contribution in [-0.4, -0.2) is 12.4 Å². The second-order valence-electron chi connectivity index (χ2n) is 6.37. The molecule has 4 nitrogen and oxygen atoms in total. The number of carbonyl (C=O) groups excluding carboxylic acids is 1. The number of hydrogen-bond acceptors (Lipinski definition) is 4. The Labute approximate surface area is 179 Å². The molecule has 3 aromatic carbocycles. The lowest BCUT2D eigenvalue weighted by Crippen LogP contribution is -2.11. The van der Waals surface area contributed by atoms with Crippen LogP contribution in [0.5, 0.6) is 5.75 Å². The zero-order chi connectivity index (χ0) is 20.4. The van der Waals surface area contributed by atoms with Gasteiger partial charge in [-0.25, -0.2) is 4.79 Å². The van der Waals surface area contributed by atoms with Crippen LogP contribution in [0.1, 0.15) is 10.4 Å². The van der Waals surface area contributed by atoms with E-state index in [1.807, 2.05) is 0 Å². The van der Waals surface area contributed by atoms with Crippen LogP contribution in [0, 0.1) is 0 Å². The number of rotatable bonds is 5. The highest BCUT2D eigenvalue weighted by atomic mass is 79.9. The van der Waals surface area contributed by atoms with Crippen molar-refractivity contribution in [3.63, 3.8) is 0 Å². The Bertz CT molecular complexity index is 1240. The number of carbonyl (C=O) groups is 1. The molecular formula is C23H14BrClO4. The van der Waals surface area contributed by atoms with E-state index in [0.29, 0.717) is 27.5 Å². The van der Waals surface area contributed by atoms with Gasteiger partial charge >= 0.3 is 5.63 Å². The molecule has 0 aliphatic carbocycles. The van der Waals surface area contributed by atoms with Crippen molar-refractivity contribution < 1.29 is 13.9 Å². The summed E-state index contributed by atoms with van der Waals surface area (Å²) in [6.45, 7) is -0.111. The van der Waals surface area contributed by atoms with E-state index in [1.54, 1.807) is 72.8 Å². The van der Waals surface area contributed by atoms with Gasteiger partial charge in [0.1, 0.15) is 11.3 Å². The Balaban J connectivity index is 1.55. The maximum atomic E-state index is 12.4. The molecule has 1 aromatic heterocycles. The fraction of sp³-hybridized carbons (Fsp3) is 0.0435. The highest BCUT2D eigenvalue weighted by molar-refractivity contribution is 9.10. The lowest BCUT2D eigenvalue weighted by molar-refractivity contribution is 0.0921. The van der Waals surface area contributed by atoms with E-state index in [0.717, 1.165) is 15.4 Å². The van der Waals surface area contributed by atoms with Gasteiger partial charge in [-0.2, -0.15) is 0 Å². The third-order valence-corrected chi connectivity index (χ3v) is 5.18. The molecule has 0 unspecified atom stereocenters. The minimum atomic E-state index is -0.456. The number of ether oxygens (including phenoxy) is 1. The smallest absolute Gasteiger partial charge is 0.344 e. The van der Waals surface area contributed by atoms with Crippen molar-refractivity contribution in [3.05, 3.63) is 98.3 Å². The number of Topliss-reactive ketones (excluding diaryl/α,β-unsaturated/α-hetero) is 1. The van der Waals surface area contributed by atoms with Crippen LogP contribution < -0.4 is 10.4 Å². The molecule has 0 N–H and O–H groups in total. The van der Waals surface area contributed by atoms with Crippen molar-refractivity contribution in [1.82, 2.24) is 0 Å². The average molecular weight is 470 g/mol. The summed E-state index contributed by atoms with van der Waals surface area (Å²) in [6, 6.07) is 20.9. The molecule has 144 valence electrons. The summed E-state index contributed by atoms with van der Waals surface area (Å²) in [6.07, 6.45) is 0. The SMILES string of the molecule is O=C(COc1ccc2cc(-c3ccc(Cl)cc3)c(=O)oc2c1)c1ccc(Br)cc1. The number of halogens is 2. The molecule has 0 aliphatic rings. The van der Waals surface area contributed by atoms with E-state index in [9.17, 15) is 9.59 Å². The van der Waals surface area contributed by atoms with Crippen molar-refractivity contribution in [2.45, 2.75) is 0 Å². The lowest BCUT2D eigenvalue weighted by atomic mass is 10.1. The van der Waals surface area contributed by atoms with Crippen LogP contribution >= 0.6 is 27.5 Å². The first kappa shape index (κ1) is 19.4. The average Bonchev–Trinajstić information content (AvgIpc) is 2.72. The van der Waals surface area contributed by atoms with Gasteiger partial charge in [-0.3, -0.25) is 4.79 Å². The molecule has 0 spiro atoms. The van der Waals surface area contributed by atoms with Gasteiger partial charge in [-0.05, 0) is 48.0 Å². The Morgan fingerprint density at radius 2 is 1.69 bits per heavy atom. The van der Waals surface area contributed by atoms with Crippen molar-refractivity contribution >= 4 is 44.3 Å². The molecule has 0 fully saturated rings. The third kappa shape index (κ3) is 4.42. The summed E-state index contributed by atoms with van der Waals surface area (Å²) in [5, 5.41) is 1.35. The Kier molecular flexibility index (Phi) is 5.51.